The Balaban J connectivity index is 2.02. The van der Waals surface area contributed by atoms with Gasteiger partial charge in [-0.05, 0) is 22.4 Å². The first kappa shape index (κ1) is 25.8. The van der Waals surface area contributed by atoms with Crippen LogP contribution in [-0.4, -0.2) is 70.0 Å². The zero-order chi connectivity index (χ0) is 25.2. The second-order valence-corrected chi connectivity index (χ2v) is 11.1. The van der Waals surface area contributed by atoms with E-state index >= 15 is 0 Å². The van der Waals surface area contributed by atoms with E-state index < -0.39 is 41.3 Å². The summed E-state index contributed by atoms with van der Waals surface area (Å²) in [6.07, 6.45) is 0.472. The molecule has 10 nitrogen and oxygen atoms in total. The third-order valence-electron chi connectivity index (χ3n) is 5.55. The second-order valence-electron chi connectivity index (χ2n) is 9.04. The number of esters is 1. The first-order valence-corrected chi connectivity index (χ1v) is 12.5. The van der Waals surface area contributed by atoms with Crippen LogP contribution >= 0.6 is 23.1 Å². The number of carboxylic acid groups (broad SMARTS) is 1. The fourth-order valence-corrected chi connectivity index (χ4v) is 6.11. The van der Waals surface area contributed by atoms with Crippen LogP contribution in [-0.2, 0) is 28.7 Å². The highest BCUT2D eigenvalue weighted by molar-refractivity contribution is 8.00. The van der Waals surface area contributed by atoms with Crippen molar-refractivity contribution in [2.45, 2.75) is 51.1 Å². The molecule has 12 heteroatoms. The zero-order valence-electron chi connectivity index (χ0n) is 19.2. The molecule has 4 atom stereocenters. The first-order valence-electron chi connectivity index (χ1n) is 10.5. The summed E-state index contributed by atoms with van der Waals surface area (Å²) < 4.78 is 5.22. The van der Waals surface area contributed by atoms with Crippen LogP contribution in [0, 0.1) is 5.41 Å². The molecular weight excluding hydrogens is 482 g/mol. The number of thiophene rings is 1. The highest BCUT2D eigenvalue weighted by Crippen LogP contribution is 2.44. The Labute approximate surface area is 205 Å². The highest BCUT2D eigenvalue weighted by atomic mass is 32.2. The van der Waals surface area contributed by atoms with Crippen LogP contribution in [0.3, 0.4) is 0 Å². The molecule has 3 rings (SSSR count). The van der Waals surface area contributed by atoms with E-state index in [0.29, 0.717) is 28.3 Å². The van der Waals surface area contributed by atoms with Crippen molar-refractivity contribution in [3.8, 4) is 0 Å². The molecule has 184 valence electrons. The molecule has 0 aromatic carbocycles. The molecule has 3 amide bonds. The molecule has 3 heterocycles. The molecule has 1 fully saturated rings. The monoisotopic (exact) mass is 509 g/mol. The number of carbonyl (C=O) groups excluding carboxylic acids is 4. The van der Waals surface area contributed by atoms with E-state index in [9.17, 15) is 29.1 Å². The minimum absolute atomic E-state index is 0.0737. The van der Waals surface area contributed by atoms with E-state index in [1.54, 1.807) is 17.5 Å². The summed E-state index contributed by atoms with van der Waals surface area (Å²) in [5.74, 6) is -3.84. The topological polar surface area (TPSA) is 142 Å². The average molecular weight is 510 g/mol. The summed E-state index contributed by atoms with van der Waals surface area (Å²) in [7, 11) is 0. The molecule has 34 heavy (non-hydrogen) atoms. The Kier molecular flexibility index (Phi) is 7.71. The summed E-state index contributed by atoms with van der Waals surface area (Å²) in [5, 5.41) is 16.4. The fraction of sp³-hybridized carbons (Fsp3) is 0.500. The lowest BCUT2D eigenvalue weighted by molar-refractivity contribution is -0.147. The van der Waals surface area contributed by atoms with Crippen molar-refractivity contribution in [2.75, 3.05) is 12.4 Å². The van der Waals surface area contributed by atoms with Gasteiger partial charge in [0, 0.05) is 23.3 Å². The van der Waals surface area contributed by atoms with Crippen molar-refractivity contribution in [2.24, 2.45) is 5.41 Å². The minimum atomic E-state index is -1.41. The third kappa shape index (κ3) is 5.12. The maximum Gasteiger partial charge on any atom is 0.321 e. The number of carboxylic acids is 1. The van der Waals surface area contributed by atoms with Crippen molar-refractivity contribution in [1.29, 1.82) is 0 Å². The first-order chi connectivity index (χ1) is 16.0. The van der Waals surface area contributed by atoms with Crippen molar-refractivity contribution >= 4 is 53.3 Å². The van der Waals surface area contributed by atoms with Gasteiger partial charge >= 0.3 is 11.9 Å². The number of thioether (sulfide) groups is 1. The second kappa shape index (κ2) is 10.2. The van der Waals surface area contributed by atoms with Crippen LogP contribution in [0.5, 0.6) is 0 Å². The lowest BCUT2D eigenvalue weighted by atomic mass is 9.81. The molecule has 3 N–H and O–H groups in total. The van der Waals surface area contributed by atoms with E-state index in [2.05, 4.69) is 10.6 Å². The van der Waals surface area contributed by atoms with Gasteiger partial charge in [0.1, 0.15) is 18.0 Å². The van der Waals surface area contributed by atoms with Crippen molar-refractivity contribution in [3.63, 3.8) is 0 Å². The molecule has 1 aromatic heterocycles. The molecule has 0 aliphatic carbocycles. The lowest BCUT2D eigenvalue weighted by Crippen LogP contribution is -2.71. The number of fused-ring (bicyclic) bond motifs is 1. The molecule has 0 spiro atoms. The number of nitrogens with one attached hydrogen (secondary N) is 2. The van der Waals surface area contributed by atoms with Crippen LogP contribution < -0.4 is 10.6 Å². The number of nitrogens with zero attached hydrogens (tertiary/aromatic N) is 1. The van der Waals surface area contributed by atoms with E-state index in [-0.39, 0.29) is 17.9 Å². The number of hydrogen-bond donors (Lipinski definition) is 3. The molecule has 0 saturated carbocycles. The number of hydrogen-bond acceptors (Lipinski definition) is 8. The predicted molar refractivity (Wildman–Crippen MR) is 126 cm³/mol. The largest absolute Gasteiger partial charge is 0.480 e. The molecular formula is C22H27N3O7S2. The Morgan fingerprint density at radius 3 is 2.59 bits per heavy atom. The van der Waals surface area contributed by atoms with Gasteiger partial charge in [0.05, 0.1) is 6.04 Å². The Hall–Kier alpha value is -2.86. The quantitative estimate of drug-likeness (QED) is 0.196. The van der Waals surface area contributed by atoms with Crippen molar-refractivity contribution < 1.29 is 33.8 Å². The summed E-state index contributed by atoms with van der Waals surface area (Å²) >= 11 is 2.58. The van der Waals surface area contributed by atoms with Crippen molar-refractivity contribution in [1.82, 2.24) is 15.5 Å². The van der Waals surface area contributed by atoms with E-state index in [4.69, 9.17) is 4.74 Å². The summed E-state index contributed by atoms with van der Waals surface area (Å²) in [6, 6.07) is 1.79. The Morgan fingerprint density at radius 2 is 2.06 bits per heavy atom. The normalized spacial score (nSPS) is 21.6. The van der Waals surface area contributed by atoms with Crippen LogP contribution in [0.15, 0.2) is 28.8 Å². The number of rotatable bonds is 9. The zero-order valence-corrected chi connectivity index (χ0v) is 20.8. The Morgan fingerprint density at radius 1 is 1.35 bits per heavy atom. The molecule has 2 unspecified atom stereocenters. The highest BCUT2D eigenvalue weighted by Gasteiger charge is 2.54. The van der Waals surface area contributed by atoms with Gasteiger partial charge in [0.2, 0.25) is 12.3 Å². The number of carbonyl (C=O) groups is 5. The molecule has 1 aromatic rings. The Bertz CT molecular complexity index is 1020. The number of aliphatic carboxylic acids is 1. The van der Waals surface area contributed by atoms with Crippen LogP contribution in [0.4, 0.5) is 0 Å². The summed E-state index contributed by atoms with van der Waals surface area (Å²) in [6.45, 7) is 6.78. The molecule has 1 saturated heterocycles. The van der Waals surface area contributed by atoms with Gasteiger partial charge in [0.15, 0.2) is 5.92 Å². The SMILES string of the molecule is CC(=O)OCC1=C(C(NC(=O)C(C(=O)O)c2cccs2)C(C)(C)C)N2C(=O)[C@@H](NC=O)[C@H]2SC1. The van der Waals surface area contributed by atoms with Gasteiger partial charge in [-0.1, -0.05) is 26.8 Å². The van der Waals surface area contributed by atoms with Gasteiger partial charge in [0.25, 0.3) is 5.91 Å². The maximum absolute atomic E-state index is 13.2. The average Bonchev–Trinajstić information content (AvgIpc) is 3.26. The molecule has 2 aliphatic heterocycles. The molecule has 0 radical (unpaired) electrons. The summed E-state index contributed by atoms with van der Waals surface area (Å²) in [5.41, 5.74) is 0.466. The van der Waals surface area contributed by atoms with Gasteiger partial charge < -0.3 is 20.5 Å². The number of β-lactam (4-membered cyclic amide) rings is 1. The summed E-state index contributed by atoms with van der Waals surface area (Å²) in [4.78, 5) is 62.5. The van der Waals surface area contributed by atoms with Crippen molar-refractivity contribution in [3.05, 3.63) is 33.7 Å². The minimum Gasteiger partial charge on any atom is -0.480 e. The third-order valence-corrected chi connectivity index (χ3v) is 7.83. The lowest BCUT2D eigenvalue weighted by Gasteiger charge is -2.53. The smallest absolute Gasteiger partial charge is 0.321 e. The predicted octanol–water partition coefficient (Wildman–Crippen LogP) is 1.29. The van der Waals surface area contributed by atoms with Gasteiger partial charge in [-0.15, -0.1) is 23.1 Å². The van der Waals surface area contributed by atoms with E-state index in [1.165, 1.54) is 34.9 Å². The van der Waals surface area contributed by atoms with Gasteiger partial charge in [-0.3, -0.25) is 28.9 Å². The van der Waals surface area contributed by atoms with Gasteiger partial charge in [-0.25, -0.2) is 0 Å². The van der Waals surface area contributed by atoms with Gasteiger partial charge in [-0.2, -0.15) is 0 Å². The fourth-order valence-electron chi connectivity index (χ4n) is 3.93. The number of ether oxygens (including phenoxy) is 1. The van der Waals surface area contributed by atoms with E-state index in [1.807, 2.05) is 20.8 Å². The van der Waals surface area contributed by atoms with Crippen LogP contribution in [0.25, 0.3) is 0 Å². The maximum atomic E-state index is 13.2. The van der Waals surface area contributed by atoms with E-state index in [0.717, 1.165) is 0 Å². The van der Waals surface area contributed by atoms with Crippen LogP contribution in [0.1, 0.15) is 38.5 Å². The number of amides is 3. The standard InChI is InChI=1S/C22H27N3O7S2/c1-11(27)32-8-12-9-34-20-15(23-10-26)19(29)25(20)16(12)17(22(2,3)4)24-18(28)14(21(30)31)13-6-5-7-33-13/h5-7,10,14-15,17,20H,8-9H2,1-4H3,(H,23,26)(H,24,28)(H,30,31)/t14?,15-,17?,20-/m1/s1. The van der Waals surface area contributed by atoms with Crippen LogP contribution in [0.2, 0.25) is 0 Å². The molecule has 2 aliphatic rings. The molecule has 0 bridgehead atoms.